The fraction of sp³-hybridized carbons (Fsp3) is 0.217. The normalized spacial score (nSPS) is 11.6. The molecule has 0 aliphatic rings. The second-order valence-corrected chi connectivity index (χ2v) is 7.09. The van der Waals surface area contributed by atoms with Gasteiger partial charge in [0.05, 0.1) is 5.69 Å². The van der Waals surface area contributed by atoms with Crippen LogP contribution in [0.15, 0.2) is 54.7 Å². The minimum absolute atomic E-state index is 0.0982. The highest BCUT2D eigenvalue weighted by Crippen LogP contribution is 2.25. The number of anilines is 2. The predicted octanol–water partition coefficient (Wildman–Crippen LogP) is 3.82. The highest BCUT2D eigenvalue weighted by molar-refractivity contribution is 5.96. The first-order valence-corrected chi connectivity index (χ1v) is 9.79. The molecule has 30 heavy (non-hydrogen) atoms. The van der Waals surface area contributed by atoms with Gasteiger partial charge in [-0.05, 0) is 62.2 Å². The molecule has 1 atom stereocenters. The molecule has 2 aromatic carbocycles. The van der Waals surface area contributed by atoms with Crippen LogP contribution in [0.3, 0.4) is 0 Å². The van der Waals surface area contributed by atoms with Crippen LogP contribution in [0, 0.1) is 6.92 Å². The molecule has 1 unspecified atom stereocenters. The molecular weight excluding hydrogens is 378 g/mol. The van der Waals surface area contributed by atoms with Crippen molar-refractivity contribution in [2.45, 2.75) is 33.2 Å². The van der Waals surface area contributed by atoms with Crippen LogP contribution in [-0.2, 0) is 0 Å². The van der Waals surface area contributed by atoms with Crippen molar-refractivity contribution in [1.82, 2.24) is 15.3 Å². The Bertz CT molecular complexity index is 1060. The lowest BCUT2D eigenvalue weighted by molar-refractivity contribution is 0.0938. The van der Waals surface area contributed by atoms with E-state index in [-0.39, 0.29) is 11.9 Å². The number of nitrogens with two attached hydrogens (primary N) is 1. The van der Waals surface area contributed by atoms with Gasteiger partial charge in [-0.1, -0.05) is 19.1 Å². The van der Waals surface area contributed by atoms with Gasteiger partial charge in [0.15, 0.2) is 0 Å². The summed E-state index contributed by atoms with van der Waals surface area (Å²) in [6.45, 7) is 5.84. The number of amides is 2. The summed E-state index contributed by atoms with van der Waals surface area (Å²) in [7, 11) is 0. The molecule has 7 nitrogen and oxygen atoms in total. The van der Waals surface area contributed by atoms with E-state index in [2.05, 4.69) is 20.6 Å². The quantitative estimate of drug-likeness (QED) is 0.555. The Morgan fingerprint density at radius 2 is 1.83 bits per heavy atom. The Hall–Kier alpha value is -3.74. The molecule has 1 aromatic heterocycles. The van der Waals surface area contributed by atoms with Crippen molar-refractivity contribution in [2.24, 2.45) is 5.73 Å². The first-order chi connectivity index (χ1) is 14.4. The highest BCUT2D eigenvalue weighted by atomic mass is 16.2. The Balaban J connectivity index is 1.79. The summed E-state index contributed by atoms with van der Waals surface area (Å²) in [5.74, 6) is -0.161. The van der Waals surface area contributed by atoms with E-state index in [4.69, 9.17) is 5.73 Å². The van der Waals surface area contributed by atoms with Crippen LogP contribution in [0.4, 0.5) is 11.6 Å². The average molecular weight is 403 g/mol. The number of nitrogens with zero attached hydrogens (tertiary/aromatic N) is 2. The summed E-state index contributed by atoms with van der Waals surface area (Å²) >= 11 is 0. The minimum atomic E-state index is -0.473. The van der Waals surface area contributed by atoms with Gasteiger partial charge in [-0.25, -0.2) is 9.97 Å². The number of carbonyl (C=O) groups is 2. The lowest BCUT2D eigenvalue weighted by atomic mass is 9.99. The van der Waals surface area contributed by atoms with E-state index in [1.807, 2.05) is 26.8 Å². The number of carbonyl (C=O) groups excluding carboxylic acids is 2. The van der Waals surface area contributed by atoms with Gasteiger partial charge < -0.3 is 16.4 Å². The van der Waals surface area contributed by atoms with Gasteiger partial charge in [-0.15, -0.1) is 0 Å². The van der Waals surface area contributed by atoms with Gasteiger partial charge in [0.25, 0.3) is 5.91 Å². The van der Waals surface area contributed by atoms with Crippen molar-refractivity contribution < 1.29 is 9.59 Å². The van der Waals surface area contributed by atoms with E-state index in [1.54, 1.807) is 48.7 Å². The number of benzene rings is 2. The summed E-state index contributed by atoms with van der Waals surface area (Å²) in [5, 5.41) is 6.08. The molecule has 0 aliphatic carbocycles. The van der Waals surface area contributed by atoms with Gasteiger partial charge in [0.1, 0.15) is 0 Å². The monoisotopic (exact) mass is 403 g/mol. The molecule has 7 heteroatoms. The van der Waals surface area contributed by atoms with Gasteiger partial charge in [-0.3, -0.25) is 9.59 Å². The van der Waals surface area contributed by atoms with Crippen LogP contribution >= 0.6 is 0 Å². The van der Waals surface area contributed by atoms with E-state index < -0.39 is 5.91 Å². The molecule has 1 heterocycles. The van der Waals surface area contributed by atoms with Crippen LogP contribution in [0.25, 0.3) is 11.3 Å². The van der Waals surface area contributed by atoms with Crippen molar-refractivity contribution >= 4 is 23.5 Å². The summed E-state index contributed by atoms with van der Waals surface area (Å²) < 4.78 is 0. The summed E-state index contributed by atoms with van der Waals surface area (Å²) in [5.41, 5.74) is 9.53. The molecule has 0 aliphatic heterocycles. The third-order valence-electron chi connectivity index (χ3n) is 4.92. The standard InChI is InChI=1S/C23H25N5O2/c1-4-14(2)26-22(30)16-8-10-17(11-9-16)27-23-25-13-12-20(28-23)18-6-5-7-19(15(18)3)21(24)29/h5-14H,4H2,1-3H3,(H2,24,29)(H,26,30)(H,25,27,28). The topological polar surface area (TPSA) is 110 Å². The fourth-order valence-electron chi connectivity index (χ4n) is 2.99. The fourth-order valence-corrected chi connectivity index (χ4v) is 2.99. The molecule has 4 N–H and O–H groups in total. The summed E-state index contributed by atoms with van der Waals surface area (Å²) in [6, 6.07) is 14.4. The van der Waals surface area contributed by atoms with Crippen molar-refractivity contribution in [3.8, 4) is 11.3 Å². The van der Waals surface area contributed by atoms with E-state index >= 15 is 0 Å². The zero-order chi connectivity index (χ0) is 21.7. The Labute approximate surface area is 175 Å². The number of hydrogen-bond acceptors (Lipinski definition) is 5. The van der Waals surface area contributed by atoms with Gasteiger partial charge in [0, 0.05) is 34.6 Å². The molecule has 154 valence electrons. The molecule has 0 saturated carbocycles. The smallest absolute Gasteiger partial charge is 0.251 e. The summed E-state index contributed by atoms with van der Waals surface area (Å²) in [4.78, 5) is 32.6. The zero-order valence-electron chi connectivity index (χ0n) is 17.3. The number of aromatic nitrogens is 2. The molecule has 2 amide bonds. The van der Waals surface area contributed by atoms with Gasteiger partial charge >= 0.3 is 0 Å². The third kappa shape index (κ3) is 4.81. The molecule has 0 bridgehead atoms. The molecule has 0 spiro atoms. The maximum Gasteiger partial charge on any atom is 0.251 e. The molecular formula is C23H25N5O2. The zero-order valence-corrected chi connectivity index (χ0v) is 17.3. The van der Waals surface area contributed by atoms with Gasteiger partial charge in [-0.2, -0.15) is 0 Å². The number of rotatable bonds is 7. The van der Waals surface area contributed by atoms with Crippen molar-refractivity contribution in [1.29, 1.82) is 0 Å². The maximum absolute atomic E-state index is 12.2. The number of hydrogen-bond donors (Lipinski definition) is 3. The first-order valence-electron chi connectivity index (χ1n) is 9.79. The maximum atomic E-state index is 12.2. The predicted molar refractivity (Wildman–Crippen MR) is 118 cm³/mol. The van der Waals surface area contributed by atoms with Gasteiger partial charge in [0.2, 0.25) is 11.9 Å². The van der Waals surface area contributed by atoms with E-state index in [1.165, 1.54) is 0 Å². The number of primary amides is 1. The molecule has 3 aromatic rings. The van der Waals surface area contributed by atoms with Crippen LogP contribution in [0.2, 0.25) is 0 Å². The average Bonchev–Trinajstić information content (AvgIpc) is 2.74. The van der Waals surface area contributed by atoms with Crippen molar-refractivity contribution in [2.75, 3.05) is 5.32 Å². The van der Waals surface area contributed by atoms with Crippen LogP contribution in [-0.4, -0.2) is 27.8 Å². The van der Waals surface area contributed by atoms with Crippen LogP contribution in [0.5, 0.6) is 0 Å². The molecule has 0 fully saturated rings. The minimum Gasteiger partial charge on any atom is -0.366 e. The molecule has 0 radical (unpaired) electrons. The first kappa shape index (κ1) is 21.0. The van der Waals surface area contributed by atoms with E-state index in [0.29, 0.717) is 22.8 Å². The Morgan fingerprint density at radius 3 is 2.50 bits per heavy atom. The SMILES string of the molecule is CCC(C)NC(=O)c1ccc(Nc2nccc(-c3cccc(C(N)=O)c3C)n2)cc1. The Morgan fingerprint density at radius 1 is 1.10 bits per heavy atom. The molecule has 0 saturated heterocycles. The summed E-state index contributed by atoms with van der Waals surface area (Å²) in [6.07, 6.45) is 2.52. The Kier molecular flexibility index (Phi) is 6.41. The van der Waals surface area contributed by atoms with Crippen LogP contribution < -0.4 is 16.4 Å². The lowest BCUT2D eigenvalue weighted by Gasteiger charge is -2.12. The van der Waals surface area contributed by atoms with Crippen LogP contribution in [0.1, 0.15) is 46.5 Å². The third-order valence-corrected chi connectivity index (χ3v) is 4.92. The largest absolute Gasteiger partial charge is 0.366 e. The number of nitrogens with one attached hydrogen (secondary N) is 2. The lowest BCUT2D eigenvalue weighted by Crippen LogP contribution is -2.31. The van der Waals surface area contributed by atoms with E-state index in [9.17, 15) is 9.59 Å². The van der Waals surface area contributed by atoms with E-state index in [0.717, 1.165) is 23.2 Å². The van der Waals surface area contributed by atoms with Crippen molar-refractivity contribution in [3.63, 3.8) is 0 Å². The molecule has 3 rings (SSSR count). The second-order valence-electron chi connectivity index (χ2n) is 7.09. The highest BCUT2D eigenvalue weighted by Gasteiger charge is 2.12. The second kappa shape index (κ2) is 9.17. The van der Waals surface area contributed by atoms with Crippen molar-refractivity contribution in [3.05, 3.63) is 71.4 Å².